The molecule has 2 aromatic rings. The molecule has 0 atom stereocenters. The van der Waals surface area contributed by atoms with E-state index in [9.17, 15) is 4.79 Å². The zero-order chi connectivity index (χ0) is 17.1. The summed E-state index contributed by atoms with van der Waals surface area (Å²) < 4.78 is 0. The van der Waals surface area contributed by atoms with Gasteiger partial charge in [0.1, 0.15) is 0 Å². The molecule has 0 saturated carbocycles. The third-order valence-electron chi connectivity index (χ3n) is 2.96. The van der Waals surface area contributed by atoms with Crippen LogP contribution in [-0.4, -0.2) is 11.1 Å². The van der Waals surface area contributed by atoms with Gasteiger partial charge in [-0.05, 0) is 22.8 Å². The molecule has 2 rings (SSSR count). The molecule has 0 aliphatic carbocycles. The Balaban J connectivity index is 0.000000238. The van der Waals surface area contributed by atoms with Gasteiger partial charge < -0.3 is 5.11 Å². The number of hydrogen-bond donors (Lipinski definition) is 1. The molecule has 0 amide bonds. The molecular weight excluding hydrogens is 284 g/mol. The van der Waals surface area contributed by atoms with E-state index in [0.29, 0.717) is 0 Å². The minimum absolute atomic E-state index is 0.0869. The molecule has 0 heterocycles. The molecule has 2 heteroatoms. The summed E-state index contributed by atoms with van der Waals surface area (Å²) in [6.45, 7) is 10.7. The van der Waals surface area contributed by atoms with Crippen LogP contribution in [0.5, 0.6) is 0 Å². The van der Waals surface area contributed by atoms with Crippen molar-refractivity contribution in [1.29, 1.82) is 0 Å². The van der Waals surface area contributed by atoms with E-state index in [1.807, 2.05) is 66.7 Å². The molecule has 116 valence electrons. The highest BCUT2D eigenvalue weighted by atomic mass is 16.4. The number of rotatable bonds is 5. The van der Waals surface area contributed by atoms with Gasteiger partial charge in [0.25, 0.3) is 0 Å². The second-order valence-electron chi connectivity index (χ2n) is 4.65. The maximum absolute atomic E-state index is 10.4. The molecule has 0 aliphatic rings. The third kappa shape index (κ3) is 6.91. The van der Waals surface area contributed by atoms with Crippen LogP contribution < -0.4 is 0 Å². The van der Waals surface area contributed by atoms with Gasteiger partial charge in [-0.3, -0.25) is 0 Å². The van der Waals surface area contributed by atoms with Crippen molar-refractivity contribution in [3.05, 3.63) is 103 Å². The standard InChI is InChI=1S/C11H10O2.C10H10/c1-9(11(12)13)7-8-10-5-3-2-4-6-10;1-3-9-5-7-10(4-2)8-6-9/h2-8H,1H2,(H,12,13);3-8H,1-2H2. The van der Waals surface area contributed by atoms with Gasteiger partial charge >= 0.3 is 5.97 Å². The van der Waals surface area contributed by atoms with Crippen molar-refractivity contribution in [1.82, 2.24) is 0 Å². The lowest BCUT2D eigenvalue weighted by molar-refractivity contribution is -0.132. The average Bonchev–Trinajstić information content (AvgIpc) is 2.61. The van der Waals surface area contributed by atoms with E-state index < -0.39 is 5.97 Å². The van der Waals surface area contributed by atoms with Crippen LogP contribution in [0.2, 0.25) is 0 Å². The molecule has 0 aromatic heterocycles. The highest BCUT2D eigenvalue weighted by Gasteiger charge is 1.96. The van der Waals surface area contributed by atoms with Gasteiger partial charge in [-0.1, -0.05) is 92.6 Å². The molecule has 0 fully saturated rings. The van der Waals surface area contributed by atoms with Crippen molar-refractivity contribution in [3.63, 3.8) is 0 Å². The molecule has 23 heavy (non-hydrogen) atoms. The first-order chi connectivity index (χ1) is 11.1. The van der Waals surface area contributed by atoms with Crippen LogP contribution in [0.3, 0.4) is 0 Å². The molecule has 0 bridgehead atoms. The topological polar surface area (TPSA) is 37.3 Å². The Morgan fingerprint density at radius 1 is 0.826 bits per heavy atom. The molecule has 1 N–H and O–H groups in total. The van der Waals surface area contributed by atoms with Crippen molar-refractivity contribution in [2.75, 3.05) is 0 Å². The number of carboxylic acids is 1. The lowest BCUT2D eigenvalue weighted by Gasteiger charge is -1.92. The fourth-order valence-electron chi connectivity index (χ4n) is 1.60. The minimum atomic E-state index is -0.993. The fourth-order valence-corrected chi connectivity index (χ4v) is 1.60. The fraction of sp³-hybridized carbons (Fsp3) is 0. The van der Waals surface area contributed by atoms with Crippen molar-refractivity contribution < 1.29 is 9.90 Å². The van der Waals surface area contributed by atoms with Crippen LogP contribution in [0.1, 0.15) is 16.7 Å². The van der Waals surface area contributed by atoms with Gasteiger partial charge in [0.15, 0.2) is 0 Å². The lowest BCUT2D eigenvalue weighted by atomic mass is 10.1. The Bertz CT molecular complexity index is 665. The third-order valence-corrected chi connectivity index (χ3v) is 2.96. The van der Waals surface area contributed by atoms with Crippen LogP contribution in [0.15, 0.2) is 86.0 Å². The quantitative estimate of drug-likeness (QED) is 0.600. The number of carboxylic acid groups (broad SMARTS) is 1. The molecule has 0 unspecified atom stereocenters. The first kappa shape index (κ1) is 17.9. The van der Waals surface area contributed by atoms with E-state index in [1.54, 1.807) is 6.08 Å². The highest BCUT2D eigenvalue weighted by Crippen LogP contribution is 2.05. The Morgan fingerprint density at radius 3 is 1.70 bits per heavy atom. The summed E-state index contributed by atoms with van der Waals surface area (Å²) in [7, 11) is 0. The second-order valence-corrected chi connectivity index (χ2v) is 4.65. The number of benzene rings is 2. The van der Waals surface area contributed by atoms with Crippen molar-refractivity contribution in [2.24, 2.45) is 0 Å². The first-order valence-electron chi connectivity index (χ1n) is 7.07. The summed E-state index contributed by atoms with van der Waals surface area (Å²) in [5.74, 6) is -0.993. The maximum atomic E-state index is 10.4. The predicted molar refractivity (Wildman–Crippen MR) is 98.9 cm³/mol. The average molecular weight is 304 g/mol. The van der Waals surface area contributed by atoms with E-state index in [0.717, 1.165) is 16.7 Å². The van der Waals surface area contributed by atoms with Crippen molar-refractivity contribution >= 4 is 24.2 Å². The smallest absolute Gasteiger partial charge is 0.335 e. The summed E-state index contributed by atoms with van der Waals surface area (Å²) in [6, 6.07) is 17.6. The predicted octanol–water partition coefficient (Wildman–Crippen LogP) is 5.31. The van der Waals surface area contributed by atoms with Crippen molar-refractivity contribution in [3.8, 4) is 0 Å². The Kier molecular flexibility index (Phi) is 7.59. The van der Waals surface area contributed by atoms with Crippen LogP contribution in [-0.2, 0) is 4.79 Å². The van der Waals surface area contributed by atoms with Crippen LogP contribution >= 0.6 is 0 Å². The van der Waals surface area contributed by atoms with Crippen LogP contribution in [0, 0.1) is 0 Å². The SMILES string of the molecule is C=C(C=Cc1ccccc1)C(=O)O.C=Cc1ccc(C=C)cc1. The Morgan fingerprint density at radius 2 is 1.30 bits per heavy atom. The minimum Gasteiger partial charge on any atom is -0.478 e. The zero-order valence-electron chi connectivity index (χ0n) is 13.0. The zero-order valence-corrected chi connectivity index (χ0v) is 13.0. The maximum Gasteiger partial charge on any atom is 0.335 e. The van der Waals surface area contributed by atoms with Gasteiger partial charge in [0, 0.05) is 0 Å². The van der Waals surface area contributed by atoms with Crippen LogP contribution in [0.4, 0.5) is 0 Å². The summed E-state index contributed by atoms with van der Waals surface area (Å²) in [5.41, 5.74) is 3.34. The monoisotopic (exact) mass is 304 g/mol. The van der Waals surface area contributed by atoms with E-state index in [-0.39, 0.29) is 5.57 Å². The number of hydrogen-bond acceptors (Lipinski definition) is 1. The molecule has 0 spiro atoms. The Hall–Kier alpha value is -3.13. The number of carbonyl (C=O) groups is 1. The molecule has 0 aliphatic heterocycles. The molecule has 2 aromatic carbocycles. The van der Waals surface area contributed by atoms with E-state index in [1.165, 1.54) is 6.08 Å². The van der Waals surface area contributed by atoms with Gasteiger partial charge in [-0.2, -0.15) is 0 Å². The summed E-state index contributed by atoms with van der Waals surface area (Å²) in [5, 5.41) is 8.51. The van der Waals surface area contributed by atoms with E-state index >= 15 is 0 Å². The summed E-state index contributed by atoms with van der Waals surface area (Å²) in [6.07, 6.45) is 6.86. The molecular formula is C21H20O2. The highest BCUT2D eigenvalue weighted by molar-refractivity contribution is 5.90. The first-order valence-corrected chi connectivity index (χ1v) is 7.07. The second kappa shape index (κ2) is 9.74. The van der Waals surface area contributed by atoms with Gasteiger partial charge in [0.05, 0.1) is 5.57 Å². The Labute approximate surface area is 137 Å². The van der Waals surface area contributed by atoms with E-state index in [2.05, 4.69) is 19.7 Å². The molecule has 0 saturated heterocycles. The van der Waals surface area contributed by atoms with Gasteiger partial charge in [0.2, 0.25) is 0 Å². The summed E-state index contributed by atoms with van der Waals surface area (Å²) >= 11 is 0. The normalized spacial score (nSPS) is 9.57. The van der Waals surface area contributed by atoms with Gasteiger partial charge in [-0.15, -0.1) is 0 Å². The molecule has 2 nitrogen and oxygen atoms in total. The largest absolute Gasteiger partial charge is 0.478 e. The number of aliphatic carboxylic acids is 1. The van der Waals surface area contributed by atoms with Gasteiger partial charge in [-0.25, -0.2) is 4.79 Å². The van der Waals surface area contributed by atoms with Crippen LogP contribution in [0.25, 0.3) is 18.2 Å². The lowest BCUT2D eigenvalue weighted by Crippen LogP contribution is -1.94. The molecule has 0 radical (unpaired) electrons. The van der Waals surface area contributed by atoms with E-state index in [4.69, 9.17) is 5.11 Å². The van der Waals surface area contributed by atoms with Crippen molar-refractivity contribution in [2.45, 2.75) is 0 Å². The summed E-state index contributed by atoms with van der Waals surface area (Å²) in [4.78, 5) is 10.4.